The molecule has 26 heavy (non-hydrogen) atoms. The number of ether oxygens (including phenoxy) is 7. The predicted molar refractivity (Wildman–Crippen MR) is 86.9 cm³/mol. The lowest BCUT2D eigenvalue weighted by Crippen LogP contribution is -2.44. The minimum Gasteiger partial charge on any atom is -0.469 e. The van der Waals surface area contributed by atoms with Gasteiger partial charge in [0.25, 0.3) is 0 Å². The lowest BCUT2D eigenvalue weighted by molar-refractivity contribution is -0.237. The molecule has 0 aromatic carbocycles. The third kappa shape index (κ3) is 3.16. The van der Waals surface area contributed by atoms with E-state index >= 15 is 0 Å². The molecular formula is C18H28O8. The molecule has 3 heterocycles. The van der Waals surface area contributed by atoms with Gasteiger partial charge in [0.2, 0.25) is 0 Å². The van der Waals surface area contributed by atoms with Gasteiger partial charge in [0.05, 0.1) is 25.7 Å². The first-order valence-electron chi connectivity index (χ1n) is 9.18. The molecule has 4 rings (SSSR count). The van der Waals surface area contributed by atoms with Crippen LogP contribution >= 0.6 is 0 Å². The normalized spacial score (nSPS) is 48.4. The first-order valence-corrected chi connectivity index (χ1v) is 9.18. The standard InChI is InChI=1S/C18H28O8/c1-8-10(15(19)20-6)11(8)22-13-12(9-7-21-17(2,3)24-9)23-16-14(13)25-18(4,5)26-16/h8-14,16H,7H2,1-6H3/t8-,9-,10-,11-,12-,13+,14-,16-/m1/s1. The van der Waals surface area contributed by atoms with Crippen molar-refractivity contribution in [3.8, 4) is 0 Å². The van der Waals surface area contributed by atoms with E-state index in [4.69, 9.17) is 33.2 Å². The zero-order chi connectivity index (χ0) is 18.9. The molecule has 1 aliphatic carbocycles. The predicted octanol–water partition coefficient (Wildman–Crippen LogP) is 1.21. The van der Waals surface area contributed by atoms with Gasteiger partial charge in [-0.05, 0) is 33.6 Å². The van der Waals surface area contributed by atoms with Crippen molar-refractivity contribution in [1.29, 1.82) is 0 Å². The summed E-state index contributed by atoms with van der Waals surface area (Å²) in [7, 11) is 1.39. The number of methoxy groups -OCH3 is 1. The summed E-state index contributed by atoms with van der Waals surface area (Å²) in [5.41, 5.74) is 0. The van der Waals surface area contributed by atoms with E-state index in [1.807, 2.05) is 34.6 Å². The molecule has 148 valence electrons. The van der Waals surface area contributed by atoms with Gasteiger partial charge in [-0.3, -0.25) is 4.79 Å². The van der Waals surface area contributed by atoms with Gasteiger partial charge in [-0.15, -0.1) is 0 Å². The highest BCUT2D eigenvalue weighted by atomic mass is 16.8. The van der Waals surface area contributed by atoms with E-state index in [1.54, 1.807) is 0 Å². The van der Waals surface area contributed by atoms with E-state index < -0.39 is 30.1 Å². The van der Waals surface area contributed by atoms with Crippen LogP contribution < -0.4 is 0 Å². The Kier molecular flexibility index (Phi) is 4.37. The minimum atomic E-state index is -0.745. The zero-order valence-electron chi connectivity index (χ0n) is 16.1. The van der Waals surface area contributed by atoms with Crippen LogP contribution in [0.5, 0.6) is 0 Å². The first-order chi connectivity index (χ1) is 12.1. The number of carbonyl (C=O) groups is 1. The maximum atomic E-state index is 11.9. The quantitative estimate of drug-likeness (QED) is 0.681. The molecule has 4 fully saturated rings. The minimum absolute atomic E-state index is 0.0923. The first kappa shape index (κ1) is 18.6. The van der Waals surface area contributed by atoms with Gasteiger partial charge in [0.1, 0.15) is 24.4 Å². The van der Waals surface area contributed by atoms with Crippen LogP contribution in [0, 0.1) is 11.8 Å². The van der Waals surface area contributed by atoms with Crippen molar-refractivity contribution in [2.75, 3.05) is 13.7 Å². The molecule has 0 N–H and O–H groups in total. The van der Waals surface area contributed by atoms with Gasteiger partial charge in [-0.2, -0.15) is 0 Å². The summed E-state index contributed by atoms with van der Waals surface area (Å²) in [6, 6.07) is 0. The van der Waals surface area contributed by atoms with Crippen LogP contribution in [-0.2, 0) is 38.0 Å². The summed E-state index contributed by atoms with van der Waals surface area (Å²) in [4.78, 5) is 11.9. The Hall–Kier alpha value is -0.770. The number of fused-ring (bicyclic) bond motifs is 1. The second kappa shape index (κ2) is 6.12. The number of carbonyl (C=O) groups excluding carboxylic acids is 1. The number of hydrogen-bond donors (Lipinski definition) is 0. The van der Waals surface area contributed by atoms with Gasteiger partial charge in [0, 0.05) is 0 Å². The molecule has 0 aromatic heterocycles. The smallest absolute Gasteiger partial charge is 0.311 e. The molecule has 8 nitrogen and oxygen atoms in total. The third-order valence-electron chi connectivity index (χ3n) is 5.51. The van der Waals surface area contributed by atoms with E-state index in [0.29, 0.717) is 6.61 Å². The number of rotatable bonds is 4. The fourth-order valence-electron chi connectivity index (χ4n) is 4.14. The van der Waals surface area contributed by atoms with Gasteiger partial charge in [-0.25, -0.2) is 0 Å². The van der Waals surface area contributed by atoms with Crippen molar-refractivity contribution in [2.24, 2.45) is 11.8 Å². The monoisotopic (exact) mass is 372 g/mol. The molecule has 4 aliphatic rings. The average Bonchev–Trinajstić information content (AvgIpc) is 2.83. The lowest BCUT2D eigenvalue weighted by atomic mass is 10.1. The van der Waals surface area contributed by atoms with E-state index in [2.05, 4.69) is 0 Å². The Labute approximate surface area is 153 Å². The van der Waals surface area contributed by atoms with E-state index in [0.717, 1.165) is 0 Å². The molecule has 8 atom stereocenters. The van der Waals surface area contributed by atoms with Crippen molar-refractivity contribution in [2.45, 2.75) is 83.0 Å². The van der Waals surface area contributed by atoms with Crippen molar-refractivity contribution >= 4 is 5.97 Å². The van der Waals surface area contributed by atoms with Crippen LogP contribution in [0.3, 0.4) is 0 Å². The van der Waals surface area contributed by atoms with Gasteiger partial charge in [0.15, 0.2) is 17.9 Å². The molecule has 0 bridgehead atoms. The summed E-state index contributed by atoms with van der Waals surface area (Å²) in [5, 5.41) is 0. The molecule has 0 spiro atoms. The Morgan fingerprint density at radius 1 is 1.00 bits per heavy atom. The van der Waals surface area contributed by atoms with E-state index in [9.17, 15) is 4.79 Å². The van der Waals surface area contributed by atoms with Crippen molar-refractivity contribution in [3.63, 3.8) is 0 Å². The van der Waals surface area contributed by atoms with Crippen LogP contribution in [-0.4, -0.2) is 68.1 Å². The fourth-order valence-corrected chi connectivity index (χ4v) is 4.14. The van der Waals surface area contributed by atoms with Crippen LogP contribution in [0.2, 0.25) is 0 Å². The van der Waals surface area contributed by atoms with Crippen molar-refractivity contribution in [3.05, 3.63) is 0 Å². The third-order valence-corrected chi connectivity index (χ3v) is 5.51. The molecule has 8 heteroatoms. The maximum absolute atomic E-state index is 11.9. The highest BCUT2D eigenvalue weighted by molar-refractivity contribution is 5.76. The Morgan fingerprint density at radius 2 is 1.73 bits per heavy atom. The van der Waals surface area contributed by atoms with Crippen LogP contribution in [0.4, 0.5) is 0 Å². The summed E-state index contributed by atoms with van der Waals surface area (Å²) < 4.78 is 40.8. The molecular weight excluding hydrogens is 344 g/mol. The maximum Gasteiger partial charge on any atom is 0.311 e. The number of hydrogen-bond acceptors (Lipinski definition) is 8. The number of esters is 1. The Bertz CT molecular complexity index is 576. The second-order valence-corrected chi connectivity index (χ2v) is 8.41. The van der Waals surface area contributed by atoms with E-state index in [1.165, 1.54) is 7.11 Å². The SMILES string of the molecule is COC(=O)[C@@H]1[C@@H](C)[C@H]1O[C@@H]1[C@H]2OC(C)(C)O[C@H]2O[C@@H]1[C@H]1COC(C)(C)O1. The Morgan fingerprint density at radius 3 is 2.35 bits per heavy atom. The molecule has 1 saturated carbocycles. The van der Waals surface area contributed by atoms with Gasteiger partial charge < -0.3 is 33.2 Å². The fraction of sp³-hybridized carbons (Fsp3) is 0.944. The summed E-state index contributed by atoms with van der Waals surface area (Å²) in [6.45, 7) is 9.80. The van der Waals surface area contributed by atoms with E-state index in [-0.39, 0.29) is 36.1 Å². The second-order valence-electron chi connectivity index (χ2n) is 8.41. The Balaban J connectivity index is 1.51. The van der Waals surface area contributed by atoms with Gasteiger partial charge >= 0.3 is 5.97 Å². The average molecular weight is 372 g/mol. The molecule has 3 aliphatic heterocycles. The molecule has 0 radical (unpaired) electrons. The summed E-state index contributed by atoms with van der Waals surface area (Å²) in [5.74, 6) is -1.83. The van der Waals surface area contributed by atoms with Crippen LogP contribution in [0.25, 0.3) is 0 Å². The van der Waals surface area contributed by atoms with Crippen LogP contribution in [0.15, 0.2) is 0 Å². The highest BCUT2D eigenvalue weighted by Gasteiger charge is 2.63. The van der Waals surface area contributed by atoms with Crippen molar-refractivity contribution < 1.29 is 38.0 Å². The molecule has 0 amide bonds. The van der Waals surface area contributed by atoms with Gasteiger partial charge in [-0.1, -0.05) is 6.92 Å². The zero-order valence-corrected chi connectivity index (χ0v) is 16.1. The molecule has 3 saturated heterocycles. The largest absolute Gasteiger partial charge is 0.469 e. The summed E-state index contributed by atoms with van der Waals surface area (Å²) in [6.07, 6.45) is -2.23. The molecule has 0 unspecified atom stereocenters. The molecule has 0 aromatic rings. The van der Waals surface area contributed by atoms with Crippen LogP contribution in [0.1, 0.15) is 34.6 Å². The topological polar surface area (TPSA) is 81.7 Å². The highest BCUT2D eigenvalue weighted by Crippen LogP contribution is 2.48. The van der Waals surface area contributed by atoms with Crippen molar-refractivity contribution in [1.82, 2.24) is 0 Å². The lowest BCUT2D eigenvalue weighted by Gasteiger charge is -2.29. The summed E-state index contributed by atoms with van der Waals surface area (Å²) >= 11 is 0.